The number of halogens is 3. The molecule has 1 aliphatic heterocycles. The van der Waals surface area contributed by atoms with E-state index in [1.807, 2.05) is 6.07 Å². The average molecular weight is 646 g/mol. The number of fused-ring (bicyclic) bond motifs is 1. The Morgan fingerprint density at radius 1 is 1.04 bits per heavy atom. The Kier molecular flexibility index (Phi) is 9.84. The summed E-state index contributed by atoms with van der Waals surface area (Å²) < 4.78 is 71.2. The summed E-state index contributed by atoms with van der Waals surface area (Å²) in [7, 11) is 0.0928. The van der Waals surface area contributed by atoms with Crippen molar-refractivity contribution in [3.63, 3.8) is 0 Å². The van der Waals surface area contributed by atoms with Crippen molar-refractivity contribution in [1.82, 2.24) is 14.8 Å². The number of amides is 1. The molecule has 3 N–H and O–H groups in total. The minimum atomic E-state index is -4.43. The van der Waals surface area contributed by atoms with Crippen LogP contribution < -0.4 is 20.7 Å². The van der Waals surface area contributed by atoms with Crippen LogP contribution in [0, 0.1) is 11.8 Å². The minimum absolute atomic E-state index is 0.139. The normalized spacial score (nSPS) is 20.2. The maximum atomic E-state index is 13.7. The number of aromatic nitrogens is 1. The van der Waals surface area contributed by atoms with Crippen molar-refractivity contribution < 1.29 is 31.1 Å². The molecule has 0 unspecified atom stereocenters. The molecule has 0 bridgehead atoms. The Morgan fingerprint density at radius 2 is 1.78 bits per heavy atom. The lowest BCUT2D eigenvalue weighted by Gasteiger charge is -2.39. The number of carbonyl (C=O) groups is 1. The number of carbonyl (C=O) groups excluding carboxylic acids is 1. The zero-order chi connectivity index (χ0) is 32.2. The van der Waals surface area contributed by atoms with Gasteiger partial charge in [-0.25, -0.2) is 8.42 Å². The molecular weight excluding hydrogens is 607 g/mol. The molecule has 0 atom stereocenters. The van der Waals surface area contributed by atoms with E-state index in [2.05, 4.69) is 32.7 Å². The summed E-state index contributed by atoms with van der Waals surface area (Å²) in [4.78, 5) is 14.2. The zero-order valence-corrected chi connectivity index (χ0v) is 26.2. The highest BCUT2D eigenvalue weighted by atomic mass is 32.2. The van der Waals surface area contributed by atoms with Gasteiger partial charge in [0.25, 0.3) is 5.91 Å². The SMILES string of the molecule is CNC(=O)c1ccc(NCC#Cc2cc3c(N[C@H]4CC[C@H](N5CCS(=O)(=O)CC5)CC4)cccc3n2CC(F)(F)F)c(OC)c1. The van der Waals surface area contributed by atoms with Crippen LogP contribution in [0.25, 0.3) is 10.9 Å². The Bertz CT molecular complexity index is 1690. The summed E-state index contributed by atoms with van der Waals surface area (Å²) in [6.07, 6.45) is -0.785. The van der Waals surface area contributed by atoms with E-state index in [1.54, 1.807) is 36.4 Å². The summed E-state index contributed by atoms with van der Waals surface area (Å²) in [5.41, 5.74) is 2.50. The van der Waals surface area contributed by atoms with E-state index in [4.69, 9.17) is 4.74 Å². The fraction of sp³-hybridized carbons (Fsp3) is 0.469. The van der Waals surface area contributed by atoms with Gasteiger partial charge in [0.2, 0.25) is 0 Å². The Balaban J connectivity index is 1.30. The van der Waals surface area contributed by atoms with Gasteiger partial charge >= 0.3 is 6.18 Å². The van der Waals surface area contributed by atoms with Crippen molar-refractivity contribution in [2.75, 3.05) is 55.9 Å². The molecule has 1 aromatic heterocycles. The number of sulfone groups is 1. The second-order valence-corrected chi connectivity index (χ2v) is 13.8. The van der Waals surface area contributed by atoms with E-state index < -0.39 is 22.6 Å². The maximum Gasteiger partial charge on any atom is 0.406 e. The first kappa shape index (κ1) is 32.5. The van der Waals surface area contributed by atoms with Crippen LogP contribution in [0.2, 0.25) is 0 Å². The molecular formula is C32H38F3N5O4S. The average Bonchev–Trinajstić information content (AvgIpc) is 3.35. The van der Waals surface area contributed by atoms with E-state index in [9.17, 15) is 26.4 Å². The molecule has 0 spiro atoms. The Hall–Kier alpha value is -3.89. The third-order valence-electron chi connectivity index (χ3n) is 8.51. The van der Waals surface area contributed by atoms with Gasteiger partial charge in [-0.15, -0.1) is 0 Å². The number of anilines is 2. The number of alkyl halides is 3. The van der Waals surface area contributed by atoms with Crippen molar-refractivity contribution in [3.8, 4) is 17.6 Å². The number of ether oxygens (including phenoxy) is 1. The van der Waals surface area contributed by atoms with Crippen LogP contribution >= 0.6 is 0 Å². The van der Waals surface area contributed by atoms with Gasteiger partial charge in [-0.3, -0.25) is 9.69 Å². The monoisotopic (exact) mass is 645 g/mol. The Labute approximate surface area is 261 Å². The number of methoxy groups -OCH3 is 1. The number of nitrogens with one attached hydrogen (secondary N) is 3. The molecule has 3 aromatic rings. The third-order valence-corrected chi connectivity index (χ3v) is 10.1. The number of nitrogens with zero attached hydrogens (tertiary/aromatic N) is 2. The first-order valence-electron chi connectivity index (χ1n) is 15.0. The van der Waals surface area contributed by atoms with Gasteiger partial charge in [-0.05, 0) is 68.0 Å². The van der Waals surface area contributed by atoms with Crippen LogP contribution in [0.3, 0.4) is 0 Å². The molecule has 2 heterocycles. The van der Waals surface area contributed by atoms with E-state index in [1.165, 1.54) is 18.7 Å². The van der Waals surface area contributed by atoms with E-state index in [-0.39, 0.29) is 35.7 Å². The molecule has 13 heteroatoms. The Morgan fingerprint density at radius 3 is 2.44 bits per heavy atom. The molecule has 242 valence electrons. The van der Waals surface area contributed by atoms with Gasteiger partial charge in [-0.2, -0.15) is 13.2 Å². The number of hydrogen-bond donors (Lipinski definition) is 3. The molecule has 45 heavy (non-hydrogen) atoms. The van der Waals surface area contributed by atoms with E-state index in [0.29, 0.717) is 47.0 Å². The summed E-state index contributed by atoms with van der Waals surface area (Å²) >= 11 is 0. The zero-order valence-electron chi connectivity index (χ0n) is 25.3. The fourth-order valence-electron chi connectivity index (χ4n) is 6.16. The van der Waals surface area contributed by atoms with Crippen LogP contribution in [0.5, 0.6) is 5.75 Å². The van der Waals surface area contributed by atoms with Gasteiger partial charge < -0.3 is 25.3 Å². The lowest BCUT2D eigenvalue weighted by atomic mass is 9.90. The highest BCUT2D eigenvalue weighted by Gasteiger charge is 2.32. The number of rotatable bonds is 8. The highest BCUT2D eigenvalue weighted by molar-refractivity contribution is 7.91. The molecule has 1 saturated carbocycles. The number of benzene rings is 2. The maximum absolute atomic E-state index is 13.7. The smallest absolute Gasteiger partial charge is 0.406 e. The molecule has 2 aliphatic rings. The van der Waals surface area contributed by atoms with Crippen LogP contribution in [-0.2, 0) is 16.4 Å². The first-order valence-corrected chi connectivity index (χ1v) is 16.8. The molecule has 9 nitrogen and oxygen atoms in total. The predicted octanol–water partition coefficient (Wildman–Crippen LogP) is 4.49. The first-order chi connectivity index (χ1) is 21.5. The highest BCUT2D eigenvalue weighted by Crippen LogP contribution is 2.33. The number of hydrogen-bond acceptors (Lipinski definition) is 7. The van der Waals surface area contributed by atoms with Gasteiger partial charge in [0.05, 0.1) is 42.1 Å². The fourth-order valence-corrected chi connectivity index (χ4v) is 7.39. The van der Waals surface area contributed by atoms with Crippen LogP contribution in [-0.4, -0.2) is 87.3 Å². The van der Waals surface area contributed by atoms with Gasteiger partial charge in [-0.1, -0.05) is 12.0 Å². The lowest BCUT2D eigenvalue weighted by molar-refractivity contribution is -0.140. The summed E-state index contributed by atoms with van der Waals surface area (Å²) in [6.45, 7) is 0.130. The van der Waals surface area contributed by atoms with Crippen molar-refractivity contribution in [3.05, 3.63) is 53.7 Å². The molecule has 2 aromatic carbocycles. The van der Waals surface area contributed by atoms with Crippen molar-refractivity contribution >= 4 is 38.0 Å². The van der Waals surface area contributed by atoms with Crippen LogP contribution in [0.15, 0.2) is 42.5 Å². The summed E-state index contributed by atoms with van der Waals surface area (Å²) in [5, 5.41) is 9.91. The molecule has 0 radical (unpaired) electrons. The topological polar surface area (TPSA) is 105 Å². The second kappa shape index (κ2) is 13.6. The van der Waals surface area contributed by atoms with Crippen molar-refractivity contribution in [1.29, 1.82) is 0 Å². The quantitative estimate of drug-likeness (QED) is 0.310. The summed E-state index contributed by atoms with van der Waals surface area (Å²) in [5.74, 6) is 6.46. The third kappa shape index (κ3) is 8.04. The van der Waals surface area contributed by atoms with E-state index >= 15 is 0 Å². The van der Waals surface area contributed by atoms with Crippen molar-refractivity contribution in [2.24, 2.45) is 0 Å². The molecule has 1 amide bonds. The van der Waals surface area contributed by atoms with E-state index in [0.717, 1.165) is 31.4 Å². The minimum Gasteiger partial charge on any atom is -0.495 e. The van der Waals surface area contributed by atoms with Gasteiger partial charge in [0.15, 0.2) is 9.84 Å². The lowest BCUT2D eigenvalue weighted by Crippen LogP contribution is -2.48. The van der Waals surface area contributed by atoms with Gasteiger partial charge in [0.1, 0.15) is 12.3 Å². The summed E-state index contributed by atoms with van der Waals surface area (Å²) in [6, 6.07) is 12.5. The largest absolute Gasteiger partial charge is 0.495 e. The van der Waals surface area contributed by atoms with Gasteiger partial charge in [0, 0.05) is 48.9 Å². The second-order valence-electron chi connectivity index (χ2n) is 11.5. The molecule has 5 rings (SSSR count). The molecule has 2 fully saturated rings. The molecule has 1 saturated heterocycles. The van der Waals surface area contributed by atoms with Crippen LogP contribution in [0.1, 0.15) is 41.7 Å². The predicted molar refractivity (Wildman–Crippen MR) is 170 cm³/mol. The standard InChI is InChI=1S/C32H38F3N5O4S/c1-36-31(41)22-8-13-28(30(19-22)44-2)37-14-4-5-25-20-26-27(6-3-7-29(26)40(25)21-32(33,34)35)38-23-9-11-24(12-10-23)39-15-17-45(42,43)18-16-39/h3,6-8,13,19-20,23-24,37-38H,9-12,14-18,21H2,1-2H3,(H,36,41)/t23-,24-. The van der Waals surface area contributed by atoms with Crippen LogP contribution in [0.4, 0.5) is 24.5 Å². The molecule has 1 aliphatic carbocycles. The van der Waals surface area contributed by atoms with Crippen molar-refractivity contribution in [2.45, 2.75) is 50.5 Å².